The Balaban J connectivity index is 1.86. The van der Waals surface area contributed by atoms with E-state index in [1.54, 1.807) is 0 Å². The highest BCUT2D eigenvalue weighted by atomic mass is 19.4. The van der Waals surface area contributed by atoms with Crippen molar-refractivity contribution in [2.75, 3.05) is 6.54 Å². The fourth-order valence-electron chi connectivity index (χ4n) is 2.19. The molecule has 0 fully saturated rings. The first kappa shape index (κ1) is 18.5. The van der Waals surface area contributed by atoms with Crippen molar-refractivity contribution in [3.8, 4) is 0 Å². The fraction of sp³-hybridized carbons (Fsp3) is 0.222. The summed E-state index contributed by atoms with van der Waals surface area (Å²) in [5.41, 5.74) is 0.139. The molecule has 7 heteroatoms. The largest absolute Gasteiger partial charge is 0.416 e. The van der Waals surface area contributed by atoms with Crippen LogP contribution in [0.15, 0.2) is 54.6 Å². The summed E-state index contributed by atoms with van der Waals surface area (Å²) in [6, 6.07) is 12.9. The molecule has 0 aliphatic carbocycles. The van der Waals surface area contributed by atoms with Gasteiger partial charge in [0.2, 0.25) is 5.91 Å². The van der Waals surface area contributed by atoms with E-state index in [1.807, 2.05) is 37.3 Å². The number of rotatable bonds is 5. The third-order valence-corrected chi connectivity index (χ3v) is 3.56. The highest BCUT2D eigenvalue weighted by Gasteiger charge is 2.30. The van der Waals surface area contributed by atoms with Crippen molar-refractivity contribution in [1.82, 2.24) is 10.6 Å². The number of amides is 2. The minimum Gasteiger partial charge on any atom is -0.348 e. The van der Waals surface area contributed by atoms with Crippen LogP contribution in [0.3, 0.4) is 0 Å². The van der Waals surface area contributed by atoms with E-state index in [-0.39, 0.29) is 18.2 Å². The van der Waals surface area contributed by atoms with Gasteiger partial charge in [0.1, 0.15) is 0 Å². The van der Waals surface area contributed by atoms with Gasteiger partial charge in [0.05, 0.1) is 18.2 Å². The summed E-state index contributed by atoms with van der Waals surface area (Å²) < 4.78 is 37.4. The van der Waals surface area contributed by atoms with Gasteiger partial charge in [-0.15, -0.1) is 0 Å². The Morgan fingerprint density at radius 1 is 1.00 bits per heavy atom. The lowest BCUT2D eigenvalue weighted by molar-refractivity contribution is -0.137. The summed E-state index contributed by atoms with van der Waals surface area (Å²) in [7, 11) is 0. The van der Waals surface area contributed by atoms with Crippen molar-refractivity contribution in [2.24, 2.45) is 0 Å². The predicted octanol–water partition coefficient (Wildman–Crippen LogP) is 3.31. The smallest absolute Gasteiger partial charge is 0.348 e. The molecule has 0 saturated carbocycles. The van der Waals surface area contributed by atoms with Crippen LogP contribution in [0.4, 0.5) is 13.2 Å². The van der Waals surface area contributed by atoms with Crippen LogP contribution in [-0.4, -0.2) is 18.4 Å². The van der Waals surface area contributed by atoms with Crippen LogP contribution in [0.25, 0.3) is 0 Å². The molecule has 4 nitrogen and oxygen atoms in total. The van der Waals surface area contributed by atoms with Gasteiger partial charge in [-0.2, -0.15) is 13.2 Å². The van der Waals surface area contributed by atoms with Gasteiger partial charge in [0.15, 0.2) is 0 Å². The molecule has 0 heterocycles. The summed E-state index contributed by atoms with van der Waals surface area (Å²) in [4.78, 5) is 23.8. The predicted molar refractivity (Wildman–Crippen MR) is 86.8 cm³/mol. The van der Waals surface area contributed by atoms with Gasteiger partial charge in [-0.1, -0.05) is 30.3 Å². The second kappa shape index (κ2) is 7.83. The van der Waals surface area contributed by atoms with Gasteiger partial charge >= 0.3 is 6.18 Å². The van der Waals surface area contributed by atoms with Crippen LogP contribution in [-0.2, 0) is 11.0 Å². The zero-order valence-corrected chi connectivity index (χ0v) is 13.4. The molecule has 1 atom stereocenters. The second-order valence-corrected chi connectivity index (χ2v) is 5.46. The molecule has 2 N–H and O–H groups in total. The van der Waals surface area contributed by atoms with Crippen molar-refractivity contribution in [3.63, 3.8) is 0 Å². The van der Waals surface area contributed by atoms with Gasteiger partial charge in [0.25, 0.3) is 5.91 Å². The van der Waals surface area contributed by atoms with Crippen LogP contribution < -0.4 is 10.6 Å². The lowest BCUT2D eigenvalue weighted by atomic mass is 10.1. The lowest BCUT2D eigenvalue weighted by Gasteiger charge is -2.14. The summed E-state index contributed by atoms with van der Waals surface area (Å²) in [6.45, 7) is 1.54. The molecule has 0 spiro atoms. The molecular formula is C18H17F3N2O2. The number of benzene rings is 2. The van der Waals surface area contributed by atoms with Crippen molar-refractivity contribution in [1.29, 1.82) is 0 Å². The van der Waals surface area contributed by atoms with Crippen molar-refractivity contribution < 1.29 is 22.8 Å². The number of halogens is 3. The Morgan fingerprint density at radius 2 is 1.60 bits per heavy atom. The van der Waals surface area contributed by atoms with Crippen molar-refractivity contribution in [2.45, 2.75) is 19.1 Å². The SMILES string of the molecule is C[C@H](NC(=O)CNC(=O)c1ccc(C(F)(F)F)cc1)c1ccccc1. The Labute approximate surface area is 143 Å². The van der Waals surface area contributed by atoms with E-state index in [2.05, 4.69) is 10.6 Å². The van der Waals surface area contributed by atoms with E-state index in [9.17, 15) is 22.8 Å². The van der Waals surface area contributed by atoms with Crippen LogP contribution in [0.2, 0.25) is 0 Å². The van der Waals surface area contributed by atoms with Crippen LogP contribution in [0.1, 0.15) is 34.5 Å². The minimum absolute atomic E-state index is 0.0527. The van der Waals surface area contributed by atoms with Gasteiger partial charge in [0, 0.05) is 5.56 Å². The van der Waals surface area contributed by atoms with E-state index in [1.165, 1.54) is 0 Å². The van der Waals surface area contributed by atoms with Gasteiger partial charge < -0.3 is 10.6 Å². The molecule has 2 amide bonds. The van der Waals surface area contributed by atoms with E-state index >= 15 is 0 Å². The molecule has 132 valence electrons. The minimum atomic E-state index is -4.46. The number of alkyl halides is 3. The third-order valence-electron chi connectivity index (χ3n) is 3.56. The first-order chi connectivity index (χ1) is 11.8. The first-order valence-electron chi connectivity index (χ1n) is 7.57. The third kappa shape index (κ3) is 5.34. The number of hydrogen-bond donors (Lipinski definition) is 2. The topological polar surface area (TPSA) is 58.2 Å². The maximum atomic E-state index is 12.5. The van der Waals surface area contributed by atoms with Crippen molar-refractivity contribution >= 4 is 11.8 Å². The van der Waals surface area contributed by atoms with E-state index < -0.39 is 23.6 Å². The average Bonchev–Trinajstić information content (AvgIpc) is 2.59. The molecule has 2 rings (SSSR count). The average molecular weight is 350 g/mol. The van der Waals surface area contributed by atoms with Crippen LogP contribution in [0, 0.1) is 0 Å². The highest BCUT2D eigenvalue weighted by Crippen LogP contribution is 2.29. The Morgan fingerprint density at radius 3 is 2.16 bits per heavy atom. The maximum Gasteiger partial charge on any atom is 0.416 e. The molecule has 0 aliphatic rings. The molecule has 2 aromatic rings. The molecule has 0 aromatic heterocycles. The highest BCUT2D eigenvalue weighted by molar-refractivity contribution is 5.96. The Kier molecular flexibility index (Phi) is 5.80. The summed E-state index contributed by atoms with van der Waals surface area (Å²) in [6.07, 6.45) is -4.46. The fourth-order valence-corrected chi connectivity index (χ4v) is 2.19. The number of nitrogens with one attached hydrogen (secondary N) is 2. The molecule has 0 bridgehead atoms. The number of carbonyl (C=O) groups is 2. The molecule has 0 saturated heterocycles. The van der Waals surface area contributed by atoms with E-state index in [4.69, 9.17) is 0 Å². The Hall–Kier alpha value is -2.83. The zero-order valence-electron chi connectivity index (χ0n) is 13.4. The first-order valence-corrected chi connectivity index (χ1v) is 7.57. The number of hydrogen-bond acceptors (Lipinski definition) is 2. The van der Waals surface area contributed by atoms with Gasteiger partial charge in [-0.3, -0.25) is 9.59 Å². The summed E-state index contributed by atoms with van der Waals surface area (Å²) >= 11 is 0. The molecule has 0 unspecified atom stereocenters. The summed E-state index contributed by atoms with van der Waals surface area (Å²) in [5, 5.41) is 5.11. The Bertz CT molecular complexity index is 728. The molecule has 0 aliphatic heterocycles. The summed E-state index contributed by atoms with van der Waals surface area (Å²) in [5.74, 6) is -1.01. The van der Waals surface area contributed by atoms with E-state index in [0.717, 1.165) is 29.8 Å². The maximum absolute atomic E-state index is 12.5. The quantitative estimate of drug-likeness (QED) is 0.869. The monoisotopic (exact) mass is 350 g/mol. The molecule has 25 heavy (non-hydrogen) atoms. The molecule has 0 radical (unpaired) electrons. The standard InChI is InChI=1S/C18H17F3N2O2/c1-12(13-5-3-2-4-6-13)23-16(24)11-22-17(25)14-7-9-15(10-8-14)18(19,20)21/h2-10,12H,11H2,1H3,(H,22,25)(H,23,24)/t12-/m0/s1. The normalized spacial score (nSPS) is 12.3. The lowest BCUT2D eigenvalue weighted by Crippen LogP contribution is -2.38. The van der Waals surface area contributed by atoms with Crippen LogP contribution in [0.5, 0.6) is 0 Å². The second-order valence-electron chi connectivity index (χ2n) is 5.46. The van der Waals surface area contributed by atoms with Gasteiger partial charge in [-0.25, -0.2) is 0 Å². The van der Waals surface area contributed by atoms with E-state index in [0.29, 0.717) is 0 Å². The number of carbonyl (C=O) groups excluding carboxylic acids is 2. The molecule has 2 aromatic carbocycles. The van der Waals surface area contributed by atoms with Gasteiger partial charge in [-0.05, 0) is 36.8 Å². The van der Waals surface area contributed by atoms with Crippen molar-refractivity contribution in [3.05, 3.63) is 71.3 Å². The molecular weight excluding hydrogens is 333 g/mol. The van der Waals surface area contributed by atoms with Crippen LogP contribution >= 0.6 is 0 Å². The zero-order chi connectivity index (χ0) is 18.4.